The maximum Gasteiger partial charge on any atom is 0.281 e. The second kappa shape index (κ2) is 8.60. The van der Waals surface area contributed by atoms with Gasteiger partial charge in [0.05, 0.1) is 5.02 Å². The number of rotatable bonds is 6. The van der Waals surface area contributed by atoms with Crippen LogP contribution in [0.2, 0.25) is 5.02 Å². The van der Waals surface area contributed by atoms with Gasteiger partial charge in [-0.2, -0.15) is 0 Å². The van der Waals surface area contributed by atoms with E-state index in [1.807, 2.05) is 0 Å². The van der Waals surface area contributed by atoms with Gasteiger partial charge >= 0.3 is 0 Å². The van der Waals surface area contributed by atoms with Gasteiger partial charge in [-0.1, -0.05) is 25.4 Å². The molecule has 0 bridgehead atoms. The summed E-state index contributed by atoms with van der Waals surface area (Å²) in [5.41, 5.74) is 4.62. The van der Waals surface area contributed by atoms with Crippen LogP contribution in [0.3, 0.4) is 0 Å². The molecule has 1 atom stereocenters. The van der Waals surface area contributed by atoms with Crippen LogP contribution < -0.4 is 10.9 Å². The molecule has 1 aromatic heterocycles. The first-order valence-electron chi connectivity index (χ1n) is 7.89. The second-order valence-corrected chi connectivity index (χ2v) is 7.45. The molecule has 25 heavy (non-hydrogen) atoms. The van der Waals surface area contributed by atoms with Crippen LogP contribution in [-0.2, 0) is 9.53 Å². The number of ether oxygens (including phenoxy) is 1. The summed E-state index contributed by atoms with van der Waals surface area (Å²) in [6.45, 7) is 6.20. The van der Waals surface area contributed by atoms with E-state index in [1.54, 1.807) is 6.92 Å². The largest absolute Gasteiger partial charge is 0.369 e. The maximum atomic E-state index is 13.3. The third-order valence-corrected chi connectivity index (χ3v) is 5.19. The first-order valence-corrected chi connectivity index (χ1v) is 9.08. The lowest BCUT2D eigenvalue weighted by Gasteiger charge is -2.14. The molecule has 136 valence electrons. The van der Waals surface area contributed by atoms with E-state index in [9.17, 15) is 14.0 Å². The molecule has 0 aliphatic carbocycles. The Morgan fingerprint density at radius 3 is 2.68 bits per heavy atom. The van der Waals surface area contributed by atoms with Crippen LogP contribution in [0.1, 0.15) is 36.9 Å². The topological polar surface area (TPSA) is 67.4 Å². The van der Waals surface area contributed by atoms with Crippen molar-refractivity contribution in [1.29, 1.82) is 0 Å². The Labute approximate surface area is 154 Å². The lowest BCUT2D eigenvalue weighted by molar-refractivity contribution is -0.132. The summed E-state index contributed by atoms with van der Waals surface area (Å²) in [7, 11) is 0. The summed E-state index contributed by atoms with van der Waals surface area (Å²) in [5, 5.41) is 0.822. The molecule has 0 fully saturated rings. The Balaban J connectivity index is 1.94. The SMILES string of the molecule is CC(C)CCOC(C)C(=O)NNC(=O)c1sc2cc(F)ccc2c1Cl. The molecule has 0 aliphatic rings. The molecule has 2 amide bonds. The average Bonchev–Trinajstić information content (AvgIpc) is 2.88. The molecule has 2 rings (SSSR count). The number of halogens is 2. The van der Waals surface area contributed by atoms with Crippen molar-refractivity contribution in [2.24, 2.45) is 5.92 Å². The number of hydrogen-bond donors (Lipinski definition) is 2. The summed E-state index contributed by atoms with van der Waals surface area (Å²) >= 11 is 7.23. The Kier molecular flexibility index (Phi) is 6.75. The number of nitrogens with one attached hydrogen (secondary N) is 2. The zero-order chi connectivity index (χ0) is 18.6. The minimum atomic E-state index is -0.689. The molecular formula is C17H20ClFN2O3S. The maximum absolute atomic E-state index is 13.3. The first-order chi connectivity index (χ1) is 11.8. The lowest BCUT2D eigenvalue weighted by atomic mass is 10.1. The summed E-state index contributed by atoms with van der Waals surface area (Å²) < 4.78 is 19.2. The van der Waals surface area contributed by atoms with Gasteiger partial charge in [-0.3, -0.25) is 20.4 Å². The first kappa shape index (κ1) is 19.6. The zero-order valence-electron chi connectivity index (χ0n) is 14.2. The summed E-state index contributed by atoms with van der Waals surface area (Å²) in [6, 6.07) is 4.11. The molecule has 0 radical (unpaired) electrons. The molecular weight excluding hydrogens is 367 g/mol. The number of amides is 2. The highest BCUT2D eigenvalue weighted by molar-refractivity contribution is 7.21. The molecule has 1 heterocycles. The standard InChI is InChI=1S/C17H20ClFN2O3S/c1-9(2)6-7-24-10(3)16(22)20-21-17(23)15-14(18)12-5-4-11(19)8-13(12)25-15/h4-5,8-10H,6-7H2,1-3H3,(H,20,22)(H,21,23). The number of hydrazine groups is 1. The number of fused-ring (bicyclic) bond motifs is 1. The highest BCUT2D eigenvalue weighted by Gasteiger charge is 2.19. The van der Waals surface area contributed by atoms with E-state index in [1.165, 1.54) is 18.2 Å². The van der Waals surface area contributed by atoms with Crippen molar-refractivity contribution in [3.8, 4) is 0 Å². The van der Waals surface area contributed by atoms with Crippen molar-refractivity contribution in [3.05, 3.63) is 33.9 Å². The molecule has 8 heteroatoms. The van der Waals surface area contributed by atoms with Crippen LogP contribution in [0.25, 0.3) is 10.1 Å². The molecule has 5 nitrogen and oxygen atoms in total. The van der Waals surface area contributed by atoms with Crippen molar-refractivity contribution < 1.29 is 18.7 Å². The zero-order valence-corrected chi connectivity index (χ0v) is 15.8. The average molecular weight is 387 g/mol. The Bertz CT molecular complexity index is 779. The monoisotopic (exact) mass is 386 g/mol. The Morgan fingerprint density at radius 2 is 2.00 bits per heavy atom. The summed E-state index contributed by atoms with van der Waals surface area (Å²) in [6.07, 6.45) is 0.156. The van der Waals surface area contributed by atoms with E-state index >= 15 is 0 Å². The normalized spacial score (nSPS) is 12.4. The molecule has 0 saturated heterocycles. The lowest BCUT2D eigenvalue weighted by Crippen LogP contribution is -2.46. The summed E-state index contributed by atoms with van der Waals surface area (Å²) in [4.78, 5) is 24.3. The van der Waals surface area contributed by atoms with Crippen molar-refractivity contribution in [3.63, 3.8) is 0 Å². The number of benzene rings is 1. The number of hydrogen-bond acceptors (Lipinski definition) is 4. The van der Waals surface area contributed by atoms with E-state index in [0.717, 1.165) is 17.8 Å². The minimum absolute atomic E-state index is 0.205. The van der Waals surface area contributed by atoms with E-state index < -0.39 is 23.7 Å². The van der Waals surface area contributed by atoms with Crippen LogP contribution in [0.5, 0.6) is 0 Å². The number of thiophene rings is 1. The highest BCUT2D eigenvalue weighted by atomic mass is 35.5. The van der Waals surface area contributed by atoms with E-state index in [-0.39, 0.29) is 9.90 Å². The molecule has 1 unspecified atom stereocenters. The Morgan fingerprint density at radius 1 is 1.28 bits per heavy atom. The number of carbonyl (C=O) groups is 2. The van der Waals surface area contributed by atoms with Gasteiger partial charge in [0.15, 0.2) is 0 Å². The van der Waals surface area contributed by atoms with Crippen molar-refractivity contribution in [2.75, 3.05) is 6.61 Å². The smallest absolute Gasteiger partial charge is 0.281 e. The van der Waals surface area contributed by atoms with Gasteiger partial charge in [-0.05, 0) is 37.5 Å². The van der Waals surface area contributed by atoms with Gasteiger partial charge in [-0.15, -0.1) is 11.3 Å². The third-order valence-electron chi connectivity index (χ3n) is 3.53. The van der Waals surface area contributed by atoms with Crippen LogP contribution in [0, 0.1) is 11.7 Å². The van der Waals surface area contributed by atoms with Gasteiger partial charge in [0, 0.05) is 16.7 Å². The van der Waals surface area contributed by atoms with Gasteiger partial charge in [-0.25, -0.2) is 4.39 Å². The van der Waals surface area contributed by atoms with Crippen molar-refractivity contribution in [2.45, 2.75) is 33.3 Å². The molecule has 0 aliphatic heterocycles. The van der Waals surface area contributed by atoms with E-state index in [4.69, 9.17) is 16.3 Å². The van der Waals surface area contributed by atoms with Crippen LogP contribution in [0.4, 0.5) is 4.39 Å². The molecule has 0 spiro atoms. The molecule has 1 aromatic carbocycles. The van der Waals surface area contributed by atoms with Crippen LogP contribution in [0.15, 0.2) is 18.2 Å². The van der Waals surface area contributed by atoms with Gasteiger partial charge in [0.2, 0.25) is 0 Å². The fraction of sp³-hybridized carbons (Fsp3) is 0.412. The highest BCUT2D eigenvalue weighted by Crippen LogP contribution is 2.35. The Hall–Kier alpha value is -1.70. The predicted octanol–water partition coefficient (Wildman–Crippen LogP) is 3.91. The predicted molar refractivity (Wildman–Crippen MR) is 97.3 cm³/mol. The van der Waals surface area contributed by atoms with Crippen LogP contribution in [-0.4, -0.2) is 24.5 Å². The second-order valence-electron chi connectivity index (χ2n) is 6.02. The van der Waals surface area contributed by atoms with Gasteiger partial charge in [0.1, 0.15) is 16.8 Å². The fourth-order valence-corrected chi connectivity index (χ4v) is 3.46. The summed E-state index contributed by atoms with van der Waals surface area (Å²) in [5.74, 6) is -0.942. The van der Waals surface area contributed by atoms with Crippen molar-refractivity contribution >= 4 is 44.8 Å². The molecule has 0 saturated carbocycles. The van der Waals surface area contributed by atoms with Crippen molar-refractivity contribution in [1.82, 2.24) is 10.9 Å². The third kappa shape index (κ3) is 5.14. The quantitative estimate of drug-likeness (QED) is 0.740. The van der Waals surface area contributed by atoms with Crippen LogP contribution >= 0.6 is 22.9 Å². The fourth-order valence-electron chi connectivity index (χ4n) is 2.02. The van der Waals surface area contributed by atoms with E-state index in [2.05, 4.69) is 24.7 Å². The van der Waals surface area contributed by atoms with Gasteiger partial charge < -0.3 is 4.74 Å². The molecule has 2 N–H and O–H groups in total. The number of carbonyl (C=O) groups excluding carboxylic acids is 2. The molecule has 2 aromatic rings. The van der Waals surface area contributed by atoms with Gasteiger partial charge in [0.25, 0.3) is 11.8 Å². The van der Waals surface area contributed by atoms with E-state index in [0.29, 0.717) is 22.6 Å². The minimum Gasteiger partial charge on any atom is -0.369 e.